The molecule has 1 aromatic rings. The molecule has 4 nitrogen and oxygen atoms in total. The SMILES string of the molecule is Cc1cc(C#N)cc(N(CCN(C)C)CC(C)C)n1. The number of aromatic nitrogens is 1. The molecule has 0 fully saturated rings. The number of hydrogen-bond acceptors (Lipinski definition) is 4. The fourth-order valence-electron chi connectivity index (χ4n) is 1.94. The van der Waals surface area contributed by atoms with E-state index in [0.29, 0.717) is 11.5 Å². The van der Waals surface area contributed by atoms with Gasteiger partial charge < -0.3 is 9.80 Å². The first-order chi connectivity index (χ1) is 8.92. The van der Waals surface area contributed by atoms with Gasteiger partial charge in [0.2, 0.25) is 0 Å². The van der Waals surface area contributed by atoms with Gasteiger partial charge in [-0.3, -0.25) is 0 Å². The predicted octanol–water partition coefficient (Wildman–Crippen LogP) is 2.29. The summed E-state index contributed by atoms with van der Waals surface area (Å²) in [7, 11) is 4.13. The van der Waals surface area contributed by atoms with E-state index in [4.69, 9.17) is 5.26 Å². The topological polar surface area (TPSA) is 43.2 Å². The van der Waals surface area contributed by atoms with Crippen molar-refractivity contribution in [1.29, 1.82) is 5.26 Å². The lowest BCUT2D eigenvalue weighted by Gasteiger charge is -2.27. The van der Waals surface area contributed by atoms with Crippen molar-refractivity contribution < 1.29 is 0 Å². The minimum atomic E-state index is 0.565. The Bertz CT molecular complexity index is 446. The number of nitrogens with zero attached hydrogens (tertiary/aromatic N) is 4. The van der Waals surface area contributed by atoms with Crippen LogP contribution in [-0.4, -0.2) is 43.6 Å². The van der Waals surface area contributed by atoms with Crippen LogP contribution in [0.3, 0.4) is 0 Å². The Labute approximate surface area is 116 Å². The molecule has 4 heteroatoms. The number of aryl methyl sites for hydroxylation is 1. The number of nitriles is 1. The van der Waals surface area contributed by atoms with Crippen LogP contribution in [0.25, 0.3) is 0 Å². The van der Waals surface area contributed by atoms with E-state index in [0.717, 1.165) is 31.1 Å². The molecule has 0 N–H and O–H groups in total. The highest BCUT2D eigenvalue weighted by molar-refractivity contribution is 5.46. The first-order valence-electron chi connectivity index (χ1n) is 6.71. The molecule has 1 aromatic heterocycles. The second-order valence-corrected chi connectivity index (χ2v) is 5.61. The number of hydrogen-bond donors (Lipinski definition) is 0. The standard InChI is InChI=1S/C15H24N4/c1-12(2)11-19(7-6-18(4)5)15-9-14(10-16)8-13(3)17-15/h8-9,12H,6-7,11H2,1-5H3. The molecule has 0 spiro atoms. The first-order valence-corrected chi connectivity index (χ1v) is 6.71. The van der Waals surface area contributed by atoms with Crippen LogP contribution in [0.1, 0.15) is 25.1 Å². The lowest BCUT2D eigenvalue weighted by atomic mass is 10.2. The van der Waals surface area contributed by atoms with Crippen LogP contribution >= 0.6 is 0 Å². The van der Waals surface area contributed by atoms with Crippen LogP contribution in [0.15, 0.2) is 12.1 Å². The average molecular weight is 260 g/mol. The smallest absolute Gasteiger partial charge is 0.130 e. The van der Waals surface area contributed by atoms with E-state index in [9.17, 15) is 0 Å². The van der Waals surface area contributed by atoms with Crippen molar-refractivity contribution in [2.75, 3.05) is 38.6 Å². The van der Waals surface area contributed by atoms with Gasteiger partial charge in [0, 0.05) is 25.3 Å². The summed E-state index contributed by atoms with van der Waals surface area (Å²) in [6, 6.07) is 5.91. The highest BCUT2D eigenvalue weighted by atomic mass is 15.2. The van der Waals surface area contributed by atoms with Gasteiger partial charge in [0.25, 0.3) is 0 Å². The van der Waals surface area contributed by atoms with Crippen LogP contribution < -0.4 is 4.90 Å². The molecule has 1 rings (SSSR count). The molecule has 0 saturated heterocycles. The zero-order chi connectivity index (χ0) is 14.4. The third-order valence-corrected chi connectivity index (χ3v) is 2.80. The number of likely N-dealkylation sites (N-methyl/N-ethyl adjacent to an activating group) is 1. The summed E-state index contributed by atoms with van der Waals surface area (Å²) in [4.78, 5) is 8.99. The Morgan fingerprint density at radius 1 is 1.26 bits per heavy atom. The normalized spacial score (nSPS) is 10.8. The Kier molecular flexibility index (Phi) is 5.78. The lowest BCUT2D eigenvalue weighted by Crippen LogP contribution is -2.35. The molecule has 0 amide bonds. The molecule has 0 saturated carbocycles. The van der Waals surface area contributed by atoms with E-state index in [1.54, 1.807) is 0 Å². The first kappa shape index (κ1) is 15.5. The number of pyridine rings is 1. The van der Waals surface area contributed by atoms with Crippen LogP contribution in [0, 0.1) is 24.2 Å². The maximum absolute atomic E-state index is 9.06. The zero-order valence-electron chi connectivity index (χ0n) is 12.6. The predicted molar refractivity (Wildman–Crippen MR) is 79.3 cm³/mol. The number of anilines is 1. The van der Waals surface area contributed by atoms with Crippen LogP contribution in [0.5, 0.6) is 0 Å². The van der Waals surface area contributed by atoms with E-state index in [1.165, 1.54) is 0 Å². The van der Waals surface area contributed by atoms with Gasteiger partial charge in [-0.1, -0.05) is 13.8 Å². The molecular weight excluding hydrogens is 236 g/mol. The second-order valence-electron chi connectivity index (χ2n) is 5.61. The van der Waals surface area contributed by atoms with Crippen molar-refractivity contribution in [2.45, 2.75) is 20.8 Å². The minimum Gasteiger partial charge on any atom is -0.355 e. The summed E-state index contributed by atoms with van der Waals surface area (Å²) in [6.45, 7) is 9.18. The summed E-state index contributed by atoms with van der Waals surface area (Å²) < 4.78 is 0. The zero-order valence-corrected chi connectivity index (χ0v) is 12.6. The molecular formula is C15H24N4. The molecule has 0 aliphatic rings. The van der Waals surface area contributed by atoms with Gasteiger partial charge in [-0.15, -0.1) is 0 Å². The van der Waals surface area contributed by atoms with Crippen molar-refractivity contribution in [3.05, 3.63) is 23.4 Å². The highest BCUT2D eigenvalue weighted by Crippen LogP contribution is 2.16. The molecule has 0 aliphatic heterocycles. The fraction of sp³-hybridized carbons (Fsp3) is 0.600. The van der Waals surface area contributed by atoms with Crippen molar-refractivity contribution in [2.24, 2.45) is 5.92 Å². The maximum Gasteiger partial charge on any atom is 0.130 e. The van der Waals surface area contributed by atoms with E-state index in [2.05, 4.69) is 48.8 Å². The Hall–Kier alpha value is -1.60. The summed E-state index contributed by atoms with van der Waals surface area (Å²) in [5.74, 6) is 1.47. The lowest BCUT2D eigenvalue weighted by molar-refractivity contribution is 0.408. The molecule has 0 aromatic carbocycles. The molecule has 0 aliphatic carbocycles. The van der Waals surface area contributed by atoms with Gasteiger partial charge in [-0.2, -0.15) is 5.26 Å². The maximum atomic E-state index is 9.06. The monoisotopic (exact) mass is 260 g/mol. The van der Waals surface area contributed by atoms with Gasteiger partial charge >= 0.3 is 0 Å². The Balaban J connectivity index is 2.95. The molecule has 0 atom stereocenters. The molecule has 0 bridgehead atoms. The molecule has 0 radical (unpaired) electrons. The van der Waals surface area contributed by atoms with E-state index in [-0.39, 0.29) is 0 Å². The third kappa shape index (κ3) is 5.27. The van der Waals surface area contributed by atoms with Gasteiger partial charge in [-0.25, -0.2) is 4.98 Å². The largest absolute Gasteiger partial charge is 0.355 e. The van der Waals surface area contributed by atoms with Crippen LogP contribution in [-0.2, 0) is 0 Å². The van der Waals surface area contributed by atoms with E-state index < -0.39 is 0 Å². The Morgan fingerprint density at radius 3 is 2.47 bits per heavy atom. The van der Waals surface area contributed by atoms with Gasteiger partial charge in [0.15, 0.2) is 0 Å². The van der Waals surface area contributed by atoms with Crippen molar-refractivity contribution >= 4 is 5.82 Å². The minimum absolute atomic E-state index is 0.565. The molecule has 104 valence electrons. The summed E-state index contributed by atoms with van der Waals surface area (Å²) in [5.41, 5.74) is 1.58. The van der Waals surface area contributed by atoms with Gasteiger partial charge in [0.05, 0.1) is 11.6 Å². The summed E-state index contributed by atoms with van der Waals surface area (Å²) in [5, 5.41) is 9.06. The molecule has 1 heterocycles. The van der Waals surface area contributed by atoms with Gasteiger partial charge in [-0.05, 0) is 39.1 Å². The van der Waals surface area contributed by atoms with E-state index >= 15 is 0 Å². The molecule has 0 unspecified atom stereocenters. The van der Waals surface area contributed by atoms with Crippen molar-refractivity contribution in [3.63, 3.8) is 0 Å². The van der Waals surface area contributed by atoms with Crippen molar-refractivity contribution in [3.8, 4) is 6.07 Å². The Morgan fingerprint density at radius 2 is 1.95 bits per heavy atom. The number of rotatable bonds is 6. The van der Waals surface area contributed by atoms with Crippen LogP contribution in [0.2, 0.25) is 0 Å². The highest BCUT2D eigenvalue weighted by Gasteiger charge is 2.11. The average Bonchev–Trinajstić information content (AvgIpc) is 2.32. The summed E-state index contributed by atoms with van der Waals surface area (Å²) >= 11 is 0. The second kappa shape index (κ2) is 7.10. The van der Waals surface area contributed by atoms with Crippen molar-refractivity contribution in [1.82, 2.24) is 9.88 Å². The van der Waals surface area contributed by atoms with E-state index in [1.807, 2.05) is 19.1 Å². The molecule has 19 heavy (non-hydrogen) atoms. The third-order valence-electron chi connectivity index (χ3n) is 2.80. The van der Waals surface area contributed by atoms with Gasteiger partial charge in [0.1, 0.15) is 5.82 Å². The summed E-state index contributed by atoms with van der Waals surface area (Å²) in [6.07, 6.45) is 0. The fourth-order valence-corrected chi connectivity index (χ4v) is 1.94. The van der Waals surface area contributed by atoms with Crippen LogP contribution in [0.4, 0.5) is 5.82 Å². The quantitative estimate of drug-likeness (QED) is 0.787.